The van der Waals surface area contributed by atoms with Crippen LogP contribution in [0.4, 0.5) is 0 Å². The summed E-state index contributed by atoms with van der Waals surface area (Å²) >= 11 is 0. The molecule has 0 unspecified atom stereocenters. The van der Waals surface area contributed by atoms with E-state index in [1.165, 1.54) is 12.5 Å². The van der Waals surface area contributed by atoms with Crippen molar-refractivity contribution < 1.29 is 14.3 Å². The predicted octanol–water partition coefficient (Wildman–Crippen LogP) is 5.39. The van der Waals surface area contributed by atoms with Crippen LogP contribution in [-0.2, 0) is 0 Å². The third-order valence-corrected chi connectivity index (χ3v) is 4.44. The van der Waals surface area contributed by atoms with E-state index < -0.39 is 5.60 Å². The fourth-order valence-corrected chi connectivity index (χ4v) is 2.95. The van der Waals surface area contributed by atoms with E-state index in [0.717, 1.165) is 10.8 Å². The highest BCUT2D eigenvalue weighted by atomic mass is 16.5. The Labute approximate surface area is 153 Å². The molecule has 3 rings (SSSR count). The average Bonchev–Trinajstić information content (AvgIpc) is 2.60. The van der Waals surface area contributed by atoms with Gasteiger partial charge in [-0.3, -0.25) is 9.59 Å². The van der Waals surface area contributed by atoms with Crippen molar-refractivity contribution in [3.8, 4) is 5.75 Å². The van der Waals surface area contributed by atoms with Crippen molar-refractivity contribution in [2.75, 3.05) is 0 Å². The first-order valence-corrected chi connectivity index (χ1v) is 8.61. The molecule has 0 aliphatic carbocycles. The van der Waals surface area contributed by atoms with Gasteiger partial charge >= 0.3 is 0 Å². The Bertz CT molecular complexity index is 982. The summed E-state index contributed by atoms with van der Waals surface area (Å²) in [7, 11) is 0. The van der Waals surface area contributed by atoms with E-state index >= 15 is 0 Å². The number of hydrogen-bond donors (Lipinski definition) is 0. The minimum atomic E-state index is -1.02. The lowest BCUT2D eigenvalue weighted by Gasteiger charge is -2.25. The Balaban J connectivity index is 1.85. The maximum Gasteiger partial charge on any atom is 0.205 e. The smallest absolute Gasteiger partial charge is 0.205 e. The highest BCUT2D eigenvalue weighted by Gasteiger charge is 2.31. The molecule has 3 aromatic carbocycles. The Hall–Kier alpha value is -2.94. The third kappa shape index (κ3) is 3.67. The van der Waals surface area contributed by atoms with Crippen molar-refractivity contribution in [2.45, 2.75) is 33.3 Å². The van der Waals surface area contributed by atoms with Crippen molar-refractivity contribution in [3.63, 3.8) is 0 Å². The summed E-state index contributed by atoms with van der Waals surface area (Å²) in [5.74, 6) is 0.471. The quantitative estimate of drug-likeness (QED) is 0.582. The topological polar surface area (TPSA) is 43.4 Å². The van der Waals surface area contributed by atoms with Crippen molar-refractivity contribution in [2.24, 2.45) is 0 Å². The van der Waals surface area contributed by atoms with Crippen LogP contribution in [0.15, 0.2) is 60.7 Å². The largest absolute Gasteiger partial charge is 0.480 e. The van der Waals surface area contributed by atoms with Crippen molar-refractivity contribution in [1.82, 2.24) is 0 Å². The van der Waals surface area contributed by atoms with E-state index in [0.29, 0.717) is 16.9 Å². The molecule has 3 heteroatoms. The summed E-state index contributed by atoms with van der Waals surface area (Å²) in [6.45, 7) is 7.08. The van der Waals surface area contributed by atoms with Gasteiger partial charge in [-0.1, -0.05) is 35.9 Å². The van der Waals surface area contributed by atoms with Crippen molar-refractivity contribution in [3.05, 3.63) is 77.4 Å². The van der Waals surface area contributed by atoms with Gasteiger partial charge in [0.25, 0.3) is 0 Å². The van der Waals surface area contributed by atoms with Crippen LogP contribution in [0.1, 0.15) is 47.1 Å². The molecule has 0 aromatic heterocycles. The SMILES string of the molecule is CC(=O)c1ccc(OC(C)(C)C(=O)c2ccc3cc(C)ccc3c2)cc1. The van der Waals surface area contributed by atoms with E-state index in [2.05, 4.69) is 6.07 Å². The van der Waals surface area contributed by atoms with Gasteiger partial charge in [0, 0.05) is 11.1 Å². The van der Waals surface area contributed by atoms with E-state index in [4.69, 9.17) is 4.74 Å². The molecule has 0 spiro atoms. The maximum absolute atomic E-state index is 13.0. The molecule has 0 heterocycles. The van der Waals surface area contributed by atoms with Crippen molar-refractivity contribution in [1.29, 1.82) is 0 Å². The first-order chi connectivity index (χ1) is 12.3. The van der Waals surface area contributed by atoms with Gasteiger partial charge < -0.3 is 4.74 Å². The van der Waals surface area contributed by atoms with Crippen LogP contribution in [0.3, 0.4) is 0 Å². The molecule has 0 aliphatic rings. The van der Waals surface area contributed by atoms with Gasteiger partial charge in [0.2, 0.25) is 5.78 Å². The fraction of sp³-hybridized carbons (Fsp3) is 0.217. The predicted molar refractivity (Wildman–Crippen MR) is 104 cm³/mol. The second-order valence-corrected chi connectivity index (χ2v) is 7.09. The summed E-state index contributed by atoms with van der Waals surface area (Å²) < 4.78 is 5.92. The molecule has 3 nitrogen and oxygen atoms in total. The van der Waals surface area contributed by atoms with Gasteiger partial charge in [0.05, 0.1) is 0 Å². The zero-order valence-corrected chi connectivity index (χ0v) is 15.5. The molecule has 0 saturated heterocycles. The van der Waals surface area contributed by atoms with Gasteiger partial charge in [0.1, 0.15) is 5.75 Å². The van der Waals surface area contributed by atoms with Crippen molar-refractivity contribution >= 4 is 22.3 Å². The normalized spacial score (nSPS) is 11.4. The molecule has 0 radical (unpaired) electrons. The molecule has 3 aromatic rings. The van der Waals surface area contributed by atoms with Crippen LogP contribution in [0.2, 0.25) is 0 Å². The van der Waals surface area contributed by atoms with Gasteiger partial charge in [-0.2, -0.15) is 0 Å². The van der Waals surface area contributed by atoms with E-state index in [1.807, 2.05) is 37.3 Å². The molecule has 132 valence electrons. The second kappa shape index (κ2) is 6.75. The van der Waals surface area contributed by atoms with Crippen LogP contribution in [0.25, 0.3) is 10.8 Å². The van der Waals surface area contributed by atoms with Crippen LogP contribution < -0.4 is 4.74 Å². The summed E-state index contributed by atoms with van der Waals surface area (Å²) in [4.78, 5) is 24.3. The standard InChI is InChI=1S/C23H22O3/c1-15-5-6-19-14-20(8-7-18(19)13-15)22(25)23(3,4)26-21-11-9-17(10-12-21)16(2)24/h5-14H,1-4H3. The minimum Gasteiger partial charge on any atom is -0.480 e. The van der Waals surface area contributed by atoms with Gasteiger partial charge in [0.15, 0.2) is 11.4 Å². The van der Waals surface area contributed by atoms with Crippen LogP contribution in [-0.4, -0.2) is 17.2 Å². The highest BCUT2D eigenvalue weighted by Crippen LogP contribution is 2.25. The molecule has 0 N–H and O–H groups in total. The number of benzene rings is 3. The highest BCUT2D eigenvalue weighted by molar-refractivity contribution is 6.04. The summed E-state index contributed by atoms with van der Waals surface area (Å²) in [6, 6.07) is 18.7. The molecular formula is C23H22O3. The summed E-state index contributed by atoms with van der Waals surface area (Å²) in [5, 5.41) is 2.14. The molecule has 0 fully saturated rings. The molecule has 26 heavy (non-hydrogen) atoms. The number of fused-ring (bicyclic) bond motifs is 1. The molecule has 0 aliphatic heterocycles. The van der Waals surface area contributed by atoms with E-state index in [9.17, 15) is 9.59 Å². The Morgan fingerprint density at radius 1 is 0.808 bits per heavy atom. The molecule has 0 bridgehead atoms. The van der Waals surface area contributed by atoms with E-state index in [-0.39, 0.29) is 11.6 Å². The Morgan fingerprint density at radius 3 is 2.04 bits per heavy atom. The second-order valence-electron chi connectivity index (χ2n) is 7.09. The number of carbonyl (C=O) groups is 2. The fourth-order valence-electron chi connectivity index (χ4n) is 2.95. The average molecular weight is 346 g/mol. The summed E-state index contributed by atoms with van der Waals surface area (Å²) in [5.41, 5.74) is 1.41. The number of hydrogen-bond acceptors (Lipinski definition) is 3. The lowest BCUT2D eigenvalue weighted by molar-refractivity contribution is 0.0584. The first kappa shape index (κ1) is 17.9. The zero-order valence-electron chi connectivity index (χ0n) is 15.5. The van der Waals surface area contributed by atoms with Crippen LogP contribution in [0, 0.1) is 6.92 Å². The number of ether oxygens (including phenoxy) is 1. The number of rotatable bonds is 5. The molecular weight excluding hydrogens is 324 g/mol. The van der Waals surface area contributed by atoms with Crippen LogP contribution in [0.5, 0.6) is 5.75 Å². The van der Waals surface area contributed by atoms with Gasteiger partial charge in [-0.15, -0.1) is 0 Å². The third-order valence-electron chi connectivity index (χ3n) is 4.44. The number of carbonyl (C=O) groups excluding carboxylic acids is 2. The molecule has 0 amide bonds. The summed E-state index contributed by atoms with van der Waals surface area (Å²) in [6.07, 6.45) is 0. The Kier molecular flexibility index (Phi) is 4.64. The number of Topliss-reactive ketones (excluding diaryl/α,β-unsaturated/α-hetero) is 2. The zero-order chi connectivity index (χ0) is 18.9. The molecule has 0 saturated carbocycles. The van der Waals surface area contributed by atoms with Gasteiger partial charge in [-0.05, 0) is 68.8 Å². The minimum absolute atomic E-state index is 0.00159. The number of aryl methyl sites for hydroxylation is 1. The van der Waals surface area contributed by atoms with E-state index in [1.54, 1.807) is 38.1 Å². The number of ketones is 2. The monoisotopic (exact) mass is 346 g/mol. The van der Waals surface area contributed by atoms with Gasteiger partial charge in [-0.25, -0.2) is 0 Å². The lowest BCUT2D eigenvalue weighted by Crippen LogP contribution is -2.38. The molecule has 0 atom stereocenters. The maximum atomic E-state index is 13.0. The van der Waals surface area contributed by atoms with Crippen LogP contribution >= 0.6 is 0 Å². The Morgan fingerprint density at radius 2 is 1.38 bits per heavy atom. The first-order valence-electron chi connectivity index (χ1n) is 8.61. The lowest BCUT2D eigenvalue weighted by atomic mass is 9.94.